The average Bonchev–Trinajstić information content (AvgIpc) is 2.92. The summed E-state index contributed by atoms with van der Waals surface area (Å²) in [5.74, 6) is 0.136. The second kappa shape index (κ2) is 7.94. The van der Waals surface area contributed by atoms with E-state index in [9.17, 15) is 4.79 Å². The van der Waals surface area contributed by atoms with Crippen LogP contribution >= 0.6 is 0 Å². The van der Waals surface area contributed by atoms with Gasteiger partial charge in [-0.05, 0) is 54.7 Å². The lowest BCUT2D eigenvalue weighted by molar-refractivity contribution is 0.0749. The summed E-state index contributed by atoms with van der Waals surface area (Å²) in [5, 5.41) is 8.91. The first-order chi connectivity index (χ1) is 13.2. The van der Waals surface area contributed by atoms with Crippen LogP contribution in [0.3, 0.4) is 0 Å². The quantitative estimate of drug-likeness (QED) is 0.834. The van der Waals surface area contributed by atoms with Gasteiger partial charge in [-0.3, -0.25) is 9.69 Å². The molecule has 1 aliphatic heterocycles. The van der Waals surface area contributed by atoms with E-state index in [1.807, 2.05) is 53.4 Å². The summed E-state index contributed by atoms with van der Waals surface area (Å²) in [6.45, 7) is 3.79. The van der Waals surface area contributed by atoms with Gasteiger partial charge >= 0.3 is 0 Å². The number of carbonyl (C=O) groups is 1. The highest BCUT2D eigenvalue weighted by Gasteiger charge is 2.27. The Hall–Kier alpha value is -2.64. The van der Waals surface area contributed by atoms with E-state index in [1.165, 1.54) is 19.3 Å². The number of nitriles is 1. The number of benzene rings is 2. The summed E-state index contributed by atoms with van der Waals surface area (Å²) in [5.41, 5.74) is 3.52. The maximum Gasteiger partial charge on any atom is 0.253 e. The molecule has 4 rings (SSSR count). The molecule has 0 radical (unpaired) electrons. The molecule has 0 bridgehead atoms. The molecule has 1 heterocycles. The average molecular weight is 359 g/mol. The molecule has 1 amide bonds. The zero-order valence-corrected chi connectivity index (χ0v) is 15.6. The Morgan fingerprint density at radius 1 is 0.852 bits per heavy atom. The zero-order chi connectivity index (χ0) is 18.6. The molecule has 2 fully saturated rings. The van der Waals surface area contributed by atoms with Crippen molar-refractivity contribution in [2.45, 2.75) is 31.7 Å². The van der Waals surface area contributed by atoms with Crippen LogP contribution in [-0.4, -0.2) is 47.9 Å². The van der Waals surface area contributed by atoms with E-state index in [0.717, 1.165) is 55.3 Å². The van der Waals surface area contributed by atoms with Crippen LogP contribution in [0.1, 0.15) is 41.6 Å². The Bertz CT molecular complexity index is 831. The highest BCUT2D eigenvalue weighted by Crippen LogP contribution is 2.26. The highest BCUT2D eigenvalue weighted by atomic mass is 16.2. The lowest BCUT2D eigenvalue weighted by atomic mass is 9.91. The van der Waals surface area contributed by atoms with Gasteiger partial charge in [-0.1, -0.05) is 30.7 Å². The summed E-state index contributed by atoms with van der Waals surface area (Å²) < 4.78 is 0. The van der Waals surface area contributed by atoms with Crippen LogP contribution in [0.2, 0.25) is 0 Å². The molecule has 2 aliphatic rings. The topological polar surface area (TPSA) is 47.3 Å². The number of nitrogens with zero attached hydrogens (tertiary/aromatic N) is 3. The Balaban J connectivity index is 1.41. The Morgan fingerprint density at radius 3 is 2.11 bits per heavy atom. The molecule has 1 aliphatic carbocycles. The maximum absolute atomic E-state index is 12.9. The fraction of sp³-hybridized carbons (Fsp3) is 0.391. The summed E-state index contributed by atoms with van der Waals surface area (Å²) in [6, 6.07) is 18.2. The van der Waals surface area contributed by atoms with Gasteiger partial charge in [-0.15, -0.1) is 0 Å². The normalized spacial score (nSPS) is 18.4. The van der Waals surface area contributed by atoms with Crippen LogP contribution in [-0.2, 0) is 0 Å². The van der Waals surface area contributed by atoms with E-state index in [1.54, 1.807) is 0 Å². The van der Waals surface area contributed by atoms with Crippen LogP contribution in [0.4, 0.5) is 0 Å². The minimum Gasteiger partial charge on any atom is -0.337 e. The van der Waals surface area contributed by atoms with Gasteiger partial charge in [0.25, 0.3) is 5.91 Å². The third kappa shape index (κ3) is 3.89. The van der Waals surface area contributed by atoms with E-state index >= 15 is 0 Å². The predicted octanol–water partition coefficient (Wildman–Crippen LogP) is 3.93. The zero-order valence-electron chi connectivity index (χ0n) is 15.6. The second-order valence-electron chi connectivity index (χ2n) is 7.53. The smallest absolute Gasteiger partial charge is 0.253 e. The lowest BCUT2D eigenvalue weighted by Gasteiger charge is -2.36. The first kappa shape index (κ1) is 17.8. The number of amides is 1. The fourth-order valence-electron chi connectivity index (χ4n) is 3.98. The largest absolute Gasteiger partial charge is 0.337 e. The minimum absolute atomic E-state index is 0.136. The first-order valence-corrected chi connectivity index (χ1v) is 9.88. The summed E-state index contributed by atoms with van der Waals surface area (Å²) >= 11 is 0. The van der Waals surface area contributed by atoms with Gasteiger partial charge in [0.2, 0.25) is 0 Å². The molecule has 4 nitrogen and oxygen atoms in total. The molecule has 0 aromatic heterocycles. The van der Waals surface area contributed by atoms with Crippen molar-refractivity contribution in [2.24, 2.45) is 0 Å². The molecule has 27 heavy (non-hydrogen) atoms. The molecule has 0 atom stereocenters. The minimum atomic E-state index is 0.136. The van der Waals surface area contributed by atoms with Crippen molar-refractivity contribution in [2.75, 3.05) is 26.2 Å². The summed E-state index contributed by atoms with van der Waals surface area (Å²) in [7, 11) is 0. The van der Waals surface area contributed by atoms with E-state index in [4.69, 9.17) is 5.26 Å². The van der Waals surface area contributed by atoms with Gasteiger partial charge < -0.3 is 4.90 Å². The molecule has 1 saturated heterocycles. The predicted molar refractivity (Wildman–Crippen MR) is 106 cm³/mol. The van der Waals surface area contributed by atoms with Crippen molar-refractivity contribution < 1.29 is 4.79 Å². The molecule has 2 aromatic rings. The highest BCUT2D eigenvalue weighted by molar-refractivity contribution is 5.94. The van der Waals surface area contributed by atoms with E-state index < -0.39 is 0 Å². The van der Waals surface area contributed by atoms with E-state index in [-0.39, 0.29) is 5.91 Å². The van der Waals surface area contributed by atoms with Crippen LogP contribution in [0.25, 0.3) is 11.1 Å². The Morgan fingerprint density at radius 2 is 1.52 bits per heavy atom. The van der Waals surface area contributed by atoms with Crippen molar-refractivity contribution in [1.82, 2.24) is 9.80 Å². The summed E-state index contributed by atoms with van der Waals surface area (Å²) in [6.07, 6.45) is 5.07. The molecule has 0 spiro atoms. The Kier molecular flexibility index (Phi) is 5.22. The van der Waals surface area contributed by atoms with Crippen LogP contribution < -0.4 is 0 Å². The van der Waals surface area contributed by atoms with Crippen molar-refractivity contribution >= 4 is 5.91 Å². The van der Waals surface area contributed by atoms with Crippen LogP contribution in [0, 0.1) is 11.3 Å². The summed E-state index contributed by atoms with van der Waals surface area (Å²) in [4.78, 5) is 17.5. The van der Waals surface area contributed by atoms with E-state index in [0.29, 0.717) is 5.56 Å². The molecule has 138 valence electrons. The van der Waals surface area contributed by atoms with Gasteiger partial charge in [0.1, 0.15) is 0 Å². The second-order valence-corrected chi connectivity index (χ2v) is 7.53. The molecule has 0 unspecified atom stereocenters. The number of rotatable bonds is 3. The first-order valence-electron chi connectivity index (χ1n) is 9.88. The SMILES string of the molecule is N#Cc1ccc(-c2ccc(C(=O)N3CCCN(C4CCC4)CC3)cc2)cc1. The number of hydrogen-bond acceptors (Lipinski definition) is 3. The molecule has 0 N–H and O–H groups in total. The molecular weight excluding hydrogens is 334 g/mol. The fourth-order valence-corrected chi connectivity index (χ4v) is 3.98. The van der Waals surface area contributed by atoms with Crippen LogP contribution in [0.15, 0.2) is 48.5 Å². The maximum atomic E-state index is 12.9. The molecule has 1 saturated carbocycles. The number of hydrogen-bond donors (Lipinski definition) is 0. The van der Waals surface area contributed by atoms with Crippen molar-refractivity contribution in [3.63, 3.8) is 0 Å². The van der Waals surface area contributed by atoms with Crippen molar-refractivity contribution in [1.29, 1.82) is 5.26 Å². The number of carbonyl (C=O) groups excluding carboxylic acids is 1. The van der Waals surface area contributed by atoms with Gasteiger partial charge in [0, 0.05) is 37.8 Å². The van der Waals surface area contributed by atoms with Crippen molar-refractivity contribution in [3.05, 3.63) is 59.7 Å². The third-order valence-corrected chi connectivity index (χ3v) is 5.89. The van der Waals surface area contributed by atoms with Gasteiger partial charge in [0.05, 0.1) is 11.6 Å². The molecule has 4 heteroatoms. The monoisotopic (exact) mass is 359 g/mol. The molecule has 2 aromatic carbocycles. The Labute approximate surface area is 161 Å². The van der Waals surface area contributed by atoms with Crippen LogP contribution in [0.5, 0.6) is 0 Å². The third-order valence-electron chi connectivity index (χ3n) is 5.89. The lowest BCUT2D eigenvalue weighted by Crippen LogP contribution is -2.42. The van der Waals surface area contributed by atoms with Gasteiger partial charge in [-0.25, -0.2) is 0 Å². The molecular formula is C23H25N3O. The standard InChI is InChI=1S/C23H25N3O/c24-17-18-5-7-19(8-6-18)20-9-11-21(12-10-20)23(27)26-14-2-13-25(15-16-26)22-3-1-4-22/h5-12,22H,1-4,13-16H2. The van der Waals surface area contributed by atoms with Crippen molar-refractivity contribution in [3.8, 4) is 17.2 Å². The van der Waals surface area contributed by atoms with Gasteiger partial charge in [0.15, 0.2) is 0 Å². The van der Waals surface area contributed by atoms with Gasteiger partial charge in [-0.2, -0.15) is 5.26 Å². The van der Waals surface area contributed by atoms with E-state index in [2.05, 4.69) is 11.0 Å².